The molecule has 5 heteroatoms. The van der Waals surface area contributed by atoms with E-state index < -0.39 is 0 Å². The van der Waals surface area contributed by atoms with E-state index in [0.29, 0.717) is 35.0 Å². The molecule has 0 unspecified atom stereocenters. The first-order valence-corrected chi connectivity index (χ1v) is 12.2. The van der Waals surface area contributed by atoms with Crippen LogP contribution in [0, 0.1) is 28.6 Å². The third-order valence-electron chi connectivity index (χ3n) is 9.26. The van der Waals surface area contributed by atoms with Crippen molar-refractivity contribution in [3.8, 4) is 17.2 Å². The standard InChI is InChI=1S/C29H34O5/c1-28-10-8-20(30)15-19(28)6-7-21-22(28)9-11-29(2)23(21)13-18(27(29)31)12-17-14-25(33-4)26(34-5)16-24(17)32-3/h8,10,12,14-16,21-23H,6-7,9,11,13H2,1-5H3/t21-,22+,23+,28+,29+/m1/s1. The normalized spacial score (nSPS) is 35.4. The third-order valence-corrected chi connectivity index (χ3v) is 9.26. The number of carbonyl (C=O) groups is 2. The molecule has 0 aromatic heterocycles. The molecule has 0 saturated heterocycles. The first-order chi connectivity index (χ1) is 16.2. The minimum Gasteiger partial charge on any atom is -0.496 e. The fourth-order valence-electron chi connectivity index (χ4n) is 7.35. The number of ketones is 2. The molecule has 0 bridgehead atoms. The number of carbonyl (C=O) groups excluding carboxylic acids is 2. The maximum Gasteiger partial charge on any atom is 0.178 e. The van der Waals surface area contributed by atoms with Crippen LogP contribution in [0.3, 0.4) is 0 Å². The third kappa shape index (κ3) is 3.27. The van der Waals surface area contributed by atoms with Crippen molar-refractivity contribution in [1.29, 1.82) is 0 Å². The first-order valence-electron chi connectivity index (χ1n) is 12.2. The van der Waals surface area contributed by atoms with E-state index in [4.69, 9.17) is 14.2 Å². The zero-order valence-electron chi connectivity index (χ0n) is 20.8. The van der Waals surface area contributed by atoms with Gasteiger partial charge < -0.3 is 14.2 Å². The molecule has 4 aliphatic carbocycles. The predicted molar refractivity (Wildman–Crippen MR) is 131 cm³/mol. The molecule has 5 rings (SSSR count). The van der Waals surface area contributed by atoms with Gasteiger partial charge in [0, 0.05) is 22.5 Å². The highest BCUT2D eigenvalue weighted by molar-refractivity contribution is 6.06. The molecule has 0 aliphatic heterocycles. The highest BCUT2D eigenvalue weighted by atomic mass is 16.5. The SMILES string of the molecule is COc1cc(OC)c(OC)cc1C=C1C[C@H]2[C@@H]3CCC4=CC(=O)C=C[C@]4(C)[C@H]3CC[C@]2(C)C1=O. The Bertz CT molecular complexity index is 1140. The van der Waals surface area contributed by atoms with Gasteiger partial charge in [0.25, 0.3) is 0 Å². The van der Waals surface area contributed by atoms with Crippen molar-refractivity contribution in [3.05, 3.63) is 47.1 Å². The minimum absolute atomic E-state index is 0.0692. The van der Waals surface area contributed by atoms with Crippen LogP contribution in [0.5, 0.6) is 17.2 Å². The lowest BCUT2D eigenvalue weighted by atomic mass is 9.48. The van der Waals surface area contributed by atoms with Crippen LogP contribution < -0.4 is 14.2 Å². The predicted octanol–water partition coefficient (Wildman–Crippen LogP) is 5.58. The van der Waals surface area contributed by atoms with E-state index in [9.17, 15) is 9.59 Å². The Kier molecular flexibility index (Phi) is 5.50. The number of ether oxygens (including phenoxy) is 3. The molecule has 0 N–H and O–H groups in total. The second kappa shape index (κ2) is 8.14. The Hall–Kier alpha value is -2.82. The van der Waals surface area contributed by atoms with Gasteiger partial charge >= 0.3 is 0 Å². The van der Waals surface area contributed by atoms with Gasteiger partial charge in [-0.25, -0.2) is 0 Å². The van der Waals surface area contributed by atoms with Crippen molar-refractivity contribution in [1.82, 2.24) is 0 Å². The van der Waals surface area contributed by atoms with Crippen LogP contribution >= 0.6 is 0 Å². The average molecular weight is 463 g/mol. The summed E-state index contributed by atoms with van der Waals surface area (Å²) in [6, 6.07) is 3.69. The number of hydrogen-bond donors (Lipinski definition) is 0. The van der Waals surface area contributed by atoms with E-state index >= 15 is 0 Å². The molecule has 34 heavy (non-hydrogen) atoms. The summed E-state index contributed by atoms with van der Waals surface area (Å²) in [5.41, 5.74) is 2.58. The molecule has 0 amide bonds. The Balaban J connectivity index is 1.50. The van der Waals surface area contributed by atoms with Gasteiger partial charge in [-0.15, -0.1) is 0 Å². The molecule has 1 aromatic rings. The Labute approximate surface area is 201 Å². The monoisotopic (exact) mass is 462 g/mol. The van der Waals surface area contributed by atoms with E-state index in [0.717, 1.165) is 43.2 Å². The van der Waals surface area contributed by atoms with Gasteiger partial charge in [-0.3, -0.25) is 9.59 Å². The maximum absolute atomic E-state index is 13.8. The Morgan fingerprint density at radius 1 is 0.941 bits per heavy atom. The lowest BCUT2D eigenvalue weighted by Gasteiger charge is -2.55. The largest absolute Gasteiger partial charge is 0.496 e. The van der Waals surface area contributed by atoms with E-state index in [-0.39, 0.29) is 22.4 Å². The number of benzene rings is 1. The molecular formula is C29H34O5. The number of methoxy groups -OCH3 is 3. The van der Waals surface area contributed by atoms with Crippen molar-refractivity contribution >= 4 is 17.6 Å². The number of fused-ring (bicyclic) bond motifs is 5. The first kappa shape index (κ1) is 22.9. The Morgan fingerprint density at radius 3 is 2.35 bits per heavy atom. The van der Waals surface area contributed by atoms with Crippen LogP contribution in [0.1, 0.15) is 51.5 Å². The van der Waals surface area contributed by atoms with Crippen molar-refractivity contribution in [3.63, 3.8) is 0 Å². The molecule has 1 aromatic carbocycles. The molecule has 180 valence electrons. The summed E-state index contributed by atoms with van der Waals surface area (Å²) in [6.07, 6.45) is 12.4. The number of hydrogen-bond acceptors (Lipinski definition) is 5. The van der Waals surface area contributed by atoms with E-state index in [1.54, 1.807) is 27.4 Å². The molecular weight excluding hydrogens is 428 g/mol. The highest BCUT2D eigenvalue weighted by Crippen LogP contribution is 2.64. The lowest BCUT2D eigenvalue weighted by Crippen LogP contribution is -2.49. The van der Waals surface area contributed by atoms with Gasteiger partial charge in [0.05, 0.1) is 21.3 Å². The minimum atomic E-state index is -0.331. The summed E-state index contributed by atoms with van der Waals surface area (Å²) in [6.45, 7) is 4.47. The van der Waals surface area contributed by atoms with Crippen LogP contribution in [0.2, 0.25) is 0 Å². The molecule has 5 atom stereocenters. The molecule has 3 saturated carbocycles. The van der Waals surface area contributed by atoms with E-state index in [1.165, 1.54) is 5.57 Å². The number of rotatable bonds is 4. The van der Waals surface area contributed by atoms with Gasteiger partial charge in [0.1, 0.15) is 5.75 Å². The summed E-state index contributed by atoms with van der Waals surface area (Å²) in [4.78, 5) is 25.8. The van der Waals surface area contributed by atoms with Crippen molar-refractivity contribution in [2.75, 3.05) is 21.3 Å². The number of allylic oxidation sites excluding steroid dienone is 5. The van der Waals surface area contributed by atoms with Crippen molar-refractivity contribution < 1.29 is 23.8 Å². The molecule has 0 heterocycles. The van der Waals surface area contributed by atoms with Crippen LogP contribution in [0.25, 0.3) is 6.08 Å². The van der Waals surface area contributed by atoms with Gasteiger partial charge in [0.15, 0.2) is 23.1 Å². The lowest BCUT2D eigenvalue weighted by molar-refractivity contribution is -0.129. The van der Waals surface area contributed by atoms with Crippen LogP contribution in [0.4, 0.5) is 0 Å². The van der Waals surface area contributed by atoms with Gasteiger partial charge in [-0.05, 0) is 79.7 Å². The molecule has 0 spiro atoms. The Morgan fingerprint density at radius 2 is 1.65 bits per heavy atom. The van der Waals surface area contributed by atoms with Crippen LogP contribution in [0.15, 0.2) is 41.5 Å². The number of Topliss-reactive ketones (excluding diaryl/α,β-unsaturated/α-hetero) is 1. The average Bonchev–Trinajstić information content (AvgIpc) is 3.09. The quantitative estimate of drug-likeness (QED) is 0.547. The van der Waals surface area contributed by atoms with Crippen molar-refractivity contribution in [2.45, 2.75) is 46.0 Å². The smallest absolute Gasteiger partial charge is 0.178 e. The van der Waals surface area contributed by atoms with Crippen LogP contribution in [-0.2, 0) is 9.59 Å². The molecule has 0 radical (unpaired) electrons. The van der Waals surface area contributed by atoms with Gasteiger partial charge in [-0.2, -0.15) is 0 Å². The summed E-state index contributed by atoms with van der Waals surface area (Å²) >= 11 is 0. The fourth-order valence-corrected chi connectivity index (χ4v) is 7.35. The van der Waals surface area contributed by atoms with Gasteiger partial charge in [0.2, 0.25) is 0 Å². The highest BCUT2D eigenvalue weighted by Gasteiger charge is 2.59. The zero-order valence-corrected chi connectivity index (χ0v) is 20.8. The second-order valence-corrected chi connectivity index (χ2v) is 10.7. The summed E-state index contributed by atoms with van der Waals surface area (Å²) < 4.78 is 16.5. The summed E-state index contributed by atoms with van der Waals surface area (Å²) in [5, 5.41) is 0. The molecule has 4 aliphatic rings. The van der Waals surface area contributed by atoms with Crippen LogP contribution in [-0.4, -0.2) is 32.9 Å². The second-order valence-electron chi connectivity index (χ2n) is 10.7. The van der Waals surface area contributed by atoms with Crippen molar-refractivity contribution in [2.24, 2.45) is 28.6 Å². The molecule has 5 nitrogen and oxygen atoms in total. The van der Waals surface area contributed by atoms with E-state index in [1.807, 2.05) is 24.3 Å². The van der Waals surface area contributed by atoms with Gasteiger partial charge in [-0.1, -0.05) is 25.5 Å². The fraction of sp³-hybridized carbons (Fsp3) is 0.517. The maximum atomic E-state index is 13.8. The summed E-state index contributed by atoms with van der Waals surface area (Å²) in [7, 11) is 4.83. The van der Waals surface area contributed by atoms with E-state index in [2.05, 4.69) is 19.9 Å². The molecule has 3 fully saturated rings. The summed E-state index contributed by atoms with van der Waals surface area (Å²) in [5.74, 6) is 3.51. The zero-order chi connectivity index (χ0) is 24.3. The topological polar surface area (TPSA) is 61.8 Å².